The fraction of sp³-hybridized carbons (Fsp3) is 0.167. The first-order chi connectivity index (χ1) is 12.2. The summed E-state index contributed by atoms with van der Waals surface area (Å²) in [6, 6.07) is 15.1. The number of hydrogen-bond donors (Lipinski definition) is 1. The van der Waals surface area contributed by atoms with Gasteiger partial charge in [-0.25, -0.2) is 0 Å². The van der Waals surface area contributed by atoms with Crippen molar-refractivity contribution in [2.45, 2.75) is 6.42 Å². The lowest BCUT2D eigenvalue weighted by Gasteiger charge is -2.09. The van der Waals surface area contributed by atoms with Crippen LogP contribution >= 0.6 is 11.3 Å². The van der Waals surface area contributed by atoms with Crippen molar-refractivity contribution in [2.75, 3.05) is 19.5 Å². The van der Waals surface area contributed by atoms with Gasteiger partial charge in [-0.3, -0.25) is 4.79 Å². The maximum absolute atomic E-state index is 12.2. The van der Waals surface area contributed by atoms with Crippen LogP contribution in [0.25, 0.3) is 10.6 Å². The van der Waals surface area contributed by atoms with Crippen LogP contribution in [-0.4, -0.2) is 30.3 Å². The molecule has 3 rings (SSSR count). The molecule has 1 amide bonds. The van der Waals surface area contributed by atoms with Gasteiger partial charge < -0.3 is 14.8 Å². The summed E-state index contributed by atoms with van der Waals surface area (Å²) >= 11 is 1.34. The van der Waals surface area contributed by atoms with Gasteiger partial charge in [0.2, 0.25) is 11.0 Å². The van der Waals surface area contributed by atoms with E-state index in [2.05, 4.69) is 15.5 Å². The minimum Gasteiger partial charge on any atom is -0.493 e. The molecule has 0 fully saturated rings. The van der Waals surface area contributed by atoms with E-state index in [1.54, 1.807) is 26.4 Å². The predicted molar refractivity (Wildman–Crippen MR) is 97.2 cm³/mol. The van der Waals surface area contributed by atoms with Crippen LogP contribution < -0.4 is 14.8 Å². The molecule has 2 aromatic carbocycles. The van der Waals surface area contributed by atoms with Crippen LogP contribution in [0.1, 0.15) is 5.56 Å². The Bertz CT molecular complexity index is 865. The number of nitrogens with zero attached hydrogens (tertiary/aromatic N) is 2. The average Bonchev–Trinajstić information content (AvgIpc) is 3.10. The summed E-state index contributed by atoms with van der Waals surface area (Å²) in [7, 11) is 3.14. The summed E-state index contributed by atoms with van der Waals surface area (Å²) in [6.45, 7) is 0. The Hall–Kier alpha value is -2.93. The largest absolute Gasteiger partial charge is 0.493 e. The number of carbonyl (C=O) groups excluding carboxylic acids is 1. The maximum Gasteiger partial charge on any atom is 0.230 e. The van der Waals surface area contributed by atoms with Gasteiger partial charge in [0.05, 0.1) is 20.6 Å². The van der Waals surface area contributed by atoms with Crippen molar-refractivity contribution < 1.29 is 14.3 Å². The molecular weight excluding hydrogens is 338 g/mol. The average molecular weight is 355 g/mol. The molecule has 128 valence electrons. The third kappa shape index (κ3) is 4.13. The van der Waals surface area contributed by atoms with Gasteiger partial charge in [-0.05, 0) is 17.7 Å². The van der Waals surface area contributed by atoms with Crippen molar-refractivity contribution in [2.24, 2.45) is 0 Å². The van der Waals surface area contributed by atoms with Gasteiger partial charge in [-0.15, -0.1) is 10.2 Å². The summed E-state index contributed by atoms with van der Waals surface area (Å²) in [6.07, 6.45) is 0.209. The number of carbonyl (C=O) groups is 1. The molecule has 0 spiro atoms. The molecule has 0 aliphatic heterocycles. The van der Waals surface area contributed by atoms with E-state index in [1.807, 2.05) is 36.4 Å². The van der Waals surface area contributed by atoms with Gasteiger partial charge in [0, 0.05) is 5.56 Å². The first kappa shape index (κ1) is 16.9. The maximum atomic E-state index is 12.2. The first-order valence-electron chi connectivity index (χ1n) is 7.59. The zero-order valence-corrected chi connectivity index (χ0v) is 14.7. The zero-order chi connectivity index (χ0) is 17.6. The molecule has 7 heteroatoms. The summed E-state index contributed by atoms with van der Waals surface area (Å²) in [5.41, 5.74) is 1.79. The number of nitrogens with one attached hydrogen (secondary N) is 1. The molecule has 0 unspecified atom stereocenters. The van der Waals surface area contributed by atoms with E-state index in [4.69, 9.17) is 9.47 Å². The van der Waals surface area contributed by atoms with Gasteiger partial charge in [-0.1, -0.05) is 47.7 Å². The number of ether oxygens (including phenoxy) is 2. The van der Waals surface area contributed by atoms with Gasteiger partial charge >= 0.3 is 0 Å². The van der Waals surface area contributed by atoms with Crippen molar-refractivity contribution in [3.05, 3.63) is 54.1 Å². The van der Waals surface area contributed by atoms with E-state index < -0.39 is 0 Å². The van der Waals surface area contributed by atoms with E-state index in [9.17, 15) is 4.79 Å². The van der Waals surface area contributed by atoms with Crippen LogP contribution in [0.2, 0.25) is 0 Å². The molecule has 0 aliphatic rings. The highest BCUT2D eigenvalue weighted by Crippen LogP contribution is 2.28. The monoisotopic (exact) mass is 355 g/mol. The van der Waals surface area contributed by atoms with E-state index in [0.29, 0.717) is 16.6 Å². The number of aromatic nitrogens is 2. The Balaban J connectivity index is 1.66. The molecule has 0 aliphatic carbocycles. The Morgan fingerprint density at radius 1 is 1.04 bits per heavy atom. The highest BCUT2D eigenvalue weighted by molar-refractivity contribution is 7.18. The molecule has 0 bridgehead atoms. The Labute approximate surface area is 149 Å². The molecule has 6 nitrogen and oxygen atoms in total. The van der Waals surface area contributed by atoms with Gasteiger partial charge in [0.15, 0.2) is 11.5 Å². The van der Waals surface area contributed by atoms with Crippen molar-refractivity contribution in [1.82, 2.24) is 10.2 Å². The summed E-state index contributed by atoms with van der Waals surface area (Å²) in [4.78, 5) is 12.2. The number of rotatable bonds is 6. The standard InChI is InChI=1S/C18H17N3O3S/c1-23-14-9-8-12(10-15(14)24-2)11-16(22)19-18-21-20-17(25-18)13-6-4-3-5-7-13/h3-10H,11H2,1-2H3,(H,19,21,22). The number of amides is 1. The SMILES string of the molecule is COc1ccc(CC(=O)Nc2nnc(-c3ccccc3)s2)cc1OC. The highest BCUT2D eigenvalue weighted by Gasteiger charge is 2.12. The quantitative estimate of drug-likeness (QED) is 0.733. The second-order valence-corrected chi connectivity index (χ2v) is 6.17. The third-order valence-electron chi connectivity index (χ3n) is 3.50. The molecule has 1 aromatic heterocycles. The van der Waals surface area contributed by atoms with Crippen LogP contribution in [0.4, 0.5) is 5.13 Å². The second-order valence-electron chi connectivity index (χ2n) is 5.19. The number of benzene rings is 2. The minimum absolute atomic E-state index is 0.164. The smallest absolute Gasteiger partial charge is 0.230 e. The van der Waals surface area contributed by atoms with Crippen LogP contribution in [0.15, 0.2) is 48.5 Å². The van der Waals surface area contributed by atoms with Gasteiger partial charge in [0.25, 0.3) is 0 Å². The fourth-order valence-electron chi connectivity index (χ4n) is 2.31. The Morgan fingerprint density at radius 2 is 1.80 bits per heavy atom. The van der Waals surface area contributed by atoms with Crippen molar-refractivity contribution in [1.29, 1.82) is 0 Å². The lowest BCUT2D eigenvalue weighted by molar-refractivity contribution is -0.115. The number of hydrogen-bond acceptors (Lipinski definition) is 6. The van der Waals surface area contributed by atoms with Gasteiger partial charge in [0.1, 0.15) is 5.01 Å². The number of anilines is 1. The van der Waals surface area contributed by atoms with Crippen LogP contribution in [0, 0.1) is 0 Å². The van der Waals surface area contributed by atoms with Crippen molar-refractivity contribution in [3.63, 3.8) is 0 Å². The molecule has 1 heterocycles. The molecule has 3 aromatic rings. The third-order valence-corrected chi connectivity index (χ3v) is 4.39. The number of methoxy groups -OCH3 is 2. The molecule has 1 N–H and O–H groups in total. The second kappa shape index (κ2) is 7.76. The summed E-state index contributed by atoms with van der Waals surface area (Å²) in [5.74, 6) is 1.06. The normalized spacial score (nSPS) is 10.3. The van der Waals surface area contributed by atoms with E-state index in [0.717, 1.165) is 16.1 Å². The predicted octanol–water partition coefficient (Wildman–Crippen LogP) is 3.40. The molecular formula is C18H17N3O3S. The lowest BCUT2D eigenvalue weighted by Crippen LogP contribution is -2.14. The molecule has 0 radical (unpaired) electrons. The fourth-order valence-corrected chi connectivity index (χ4v) is 3.08. The Morgan fingerprint density at radius 3 is 2.52 bits per heavy atom. The topological polar surface area (TPSA) is 73.3 Å². The van der Waals surface area contributed by atoms with Crippen molar-refractivity contribution in [3.8, 4) is 22.1 Å². The zero-order valence-electron chi connectivity index (χ0n) is 13.9. The lowest BCUT2D eigenvalue weighted by atomic mass is 10.1. The molecule has 25 heavy (non-hydrogen) atoms. The van der Waals surface area contributed by atoms with Gasteiger partial charge in [-0.2, -0.15) is 0 Å². The summed E-state index contributed by atoms with van der Waals surface area (Å²) < 4.78 is 10.4. The van der Waals surface area contributed by atoms with E-state index in [1.165, 1.54) is 11.3 Å². The molecule has 0 atom stereocenters. The Kier molecular flexibility index (Phi) is 5.25. The van der Waals surface area contributed by atoms with E-state index >= 15 is 0 Å². The highest BCUT2D eigenvalue weighted by atomic mass is 32.1. The van der Waals surface area contributed by atoms with Crippen molar-refractivity contribution >= 4 is 22.4 Å². The minimum atomic E-state index is -0.164. The first-order valence-corrected chi connectivity index (χ1v) is 8.41. The molecule has 0 saturated carbocycles. The summed E-state index contributed by atoms with van der Waals surface area (Å²) in [5, 5.41) is 12.2. The van der Waals surface area contributed by atoms with Crippen LogP contribution in [0.5, 0.6) is 11.5 Å². The van der Waals surface area contributed by atoms with E-state index in [-0.39, 0.29) is 12.3 Å². The molecule has 0 saturated heterocycles. The van der Waals surface area contributed by atoms with Crippen LogP contribution in [-0.2, 0) is 11.2 Å². The van der Waals surface area contributed by atoms with Crippen LogP contribution in [0.3, 0.4) is 0 Å².